The van der Waals surface area contributed by atoms with Crippen molar-refractivity contribution in [1.29, 1.82) is 0 Å². The van der Waals surface area contributed by atoms with Gasteiger partial charge in [0.2, 0.25) is 0 Å². The topological polar surface area (TPSA) is 29.9 Å². The zero-order valence-electron chi connectivity index (χ0n) is 10.3. The zero-order chi connectivity index (χ0) is 14.0. The van der Waals surface area contributed by atoms with Crippen molar-refractivity contribution in [3.05, 3.63) is 29.8 Å². The number of aryl methyl sites for hydroxylation is 1. The molecule has 0 atom stereocenters. The highest BCUT2D eigenvalue weighted by Gasteiger charge is 2.26. The molecule has 19 heavy (non-hydrogen) atoms. The summed E-state index contributed by atoms with van der Waals surface area (Å²) in [6.45, 7) is 1.20. The summed E-state index contributed by atoms with van der Waals surface area (Å²) in [5, 5.41) is 2.27. The second-order valence-corrected chi connectivity index (χ2v) is 4.10. The molecule has 1 aromatic heterocycles. The normalized spacial score (nSPS) is 12.3. The molecule has 0 aliphatic rings. The molecule has 1 heterocycles. The summed E-state index contributed by atoms with van der Waals surface area (Å²) in [7, 11) is 0. The van der Waals surface area contributed by atoms with E-state index in [1.54, 1.807) is 16.7 Å². The molecule has 0 saturated carbocycles. The summed E-state index contributed by atoms with van der Waals surface area (Å²) in [4.78, 5) is 4.06. The van der Waals surface area contributed by atoms with E-state index in [2.05, 4.69) is 10.3 Å². The van der Waals surface area contributed by atoms with Gasteiger partial charge in [0.1, 0.15) is 11.3 Å². The van der Waals surface area contributed by atoms with E-state index in [1.807, 2.05) is 6.92 Å². The van der Waals surface area contributed by atoms with Crippen molar-refractivity contribution < 1.29 is 17.6 Å². The Morgan fingerprint density at radius 1 is 1.32 bits per heavy atom. The van der Waals surface area contributed by atoms with Crippen LogP contribution in [-0.4, -0.2) is 22.3 Å². The smallest absolute Gasteiger partial charge is 0.327 e. The van der Waals surface area contributed by atoms with Crippen LogP contribution in [0.2, 0.25) is 0 Å². The average molecular weight is 275 g/mol. The standard InChI is InChI=1S/C12H13F4N3/c1-2-19-9-5-3-4-8(13)11(9)18-10(19)6-17-7-12(14,15)16/h3-5,17H,2,6-7H2,1H3. The predicted molar refractivity (Wildman–Crippen MR) is 63.1 cm³/mol. The summed E-state index contributed by atoms with van der Waals surface area (Å²) in [6.07, 6.45) is -4.27. The van der Waals surface area contributed by atoms with E-state index in [-0.39, 0.29) is 12.1 Å². The molecule has 0 spiro atoms. The monoisotopic (exact) mass is 275 g/mol. The van der Waals surface area contributed by atoms with Gasteiger partial charge in [0.25, 0.3) is 0 Å². The second-order valence-electron chi connectivity index (χ2n) is 4.10. The molecule has 0 radical (unpaired) electrons. The first-order valence-electron chi connectivity index (χ1n) is 5.83. The number of para-hydroxylation sites is 1. The summed E-state index contributed by atoms with van der Waals surface area (Å²) in [5.41, 5.74) is 0.777. The number of hydrogen-bond donors (Lipinski definition) is 1. The van der Waals surface area contributed by atoms with Crippen LogP contribution >= 0.6 is 0 Å². The zero-order valence-corrected chi connectivity index (χ0v) is 10.3. The third-order valence-electron chi connectivity index (χ3n) is 2.73. The van der Waals surface area contributed by atoms with Gasteiger partial charge in [-0.05, 0) is 19.1 Å². The van der Waals surface area contributed by atoms with Gasteiger partial charge in [0.05, 0.1) is 18.6 Å². The number of alkyl halides is 3. The van der Waals surface area contributed by atoms with Gasteiger partial charge < -0.3 is 9.88 Å². The Balaban J connectivity index is 2.25. The fourth-order valence-electron chi connectivity index (χ4n) is 1.96. The van der Waals surface area contributed by atoms with Gasteiger partial charge in [-0.2, -0.15) is 13.2 Å². The quantitative estimate of drug-likeness (QED) is 0.870. The number of nitrogens with one attached hydrogen (secondary N) is 1. The molecule has 0 fully saturated rings. The summed E-state index contributed by atoms with van der Waals surface area (Å²) in [5.74, 6) is -0.0754. The lowest BCUT2D eigenvalue weighted by atomic mass is 10.3. The lowest BCUT2D eigenvalue weighted by Crippen LogP contribution is -2.29. The van der Waals surface area contributed by atoms with Gasteiger partial charge >= 0.3 is 6.18 Å². The molecule has 0 aliphatic heterocycles. The molecule has 7 heteroatoms. The molecule has 0 saturated heterocycles. The van der Waals surface area contributed by atoms with E-state index in [0.717, 1.165) is 0 Å². The SMILES string of the molecule is CCn1c(CNCC(F)(F)F)nc2c(F)cccc21. The Morgan fingerprint density at radius 2 is 2.05 bits per heavy atom. The van der Waals surface area contributed by atoms with Crippen molar-refractivity contribution in [3.8, 4) is 0 Å². The highest BCUT2D eigenvalue weighted by atomic mass is 19.4. The van der Waals surface area contributed by atoms with Gasteiger partial charge in [-0.3, -0.25) is 0 Å². The first-order valence-corrected chi connectivity index (χ1v) is 5.83. The van der Waals surface area contributed by atoms with Gasteiger partial charge in [0, 0.05) is 6.54 Å². The Labute approximate surface area is 107 Å². The van der Waals surface area contributed by atoms with Gasteiger partial charge in [-0.25, -0.2) is 9.37 Å². The lowest BCUT2D eigenvalue weighted by molar-refractivity contribution is -0.125. The number of nitrogens with zero attached hydrogens (tertiary/aromatic N) is 2. The second kappa shape index (κ2) is 5.16. The number of imidazole rings is 1. The first kappa shape index (κ1) is 13.8. The van der Waals surface area contributed by atoms with Crippen molar-refractivity contribution in [2.75, 3.05) is 6.54 Å². The summed E-state index contributed by atoms with van der Waals surface area (Å²) < 4.78 is 51.4. The minimum absolute atomic E-state index is 0.0541. The van der Waals surface area contributed by atoms with Crippen LogP contribution in [0.3, 0.4) is 0 Å². The predicted octanol–water partition coefficient (Wildman–Crippen LogP) is 2.85. The van der Waals surface area contributed by atoms with E-state index >= 15 is 0 Å². The van der Waals surface area contributed by atoms with Gasteiger partial charge in [-0.15, -0.1) is 0 Å². The first-order chi connectivity index (χ1) is 8.92. The maximum absolute atomic E-state index is 13.6. The van der Waals surface area contributed by atoms with Crippen LogP contribution in [0.5, 0.6) is 0 Å². The van der Waals surface area contributed by atoms with E-state index in [4.69, 9.17) is 0 Å². The highest BCUT2D eigenvalue weighted by Crippen LogP contribution is 2.19. The highest BCUT2D eigenvalue weighted by molar-refractivity contribution is 5.76. The summed E-state index contributed by atoms with van der Waals surface area (Å²) >= 11 is 0. The molecule has 104 valence electrons. The number of hydrogen-bond acceptors (Lipinski definition) is 2. The molecule has 1 aromatic carbocycles. The molecule has 0 bridgehead atoms. The number of aromatic nitrogens is 2. The number of halogens is 4. The van der Waals surface area contributed by atoms with Crippen LogP contribution < -0.4 is 5.32 Å². The van der Waals surface area contributed by atoms with Gasteiger partial charge in [0.15, 0.2) is 5.82 Å². The van der Waals surface area contributed by atoms with E-state index in [1.165, 1.54) is 6.07 Å². The van der Waals surface area contributed by atoms with Crippen molar-refractivity contribution in [2.45, 2.75) is 26.2 Å². The number of benzene rings is 1. The van der Waals surface area contributed by atoms with Crippen LogP contribution in [0.1, 0.15) is 12.7 Å². The maximum Gasteiger partial charge on any atom is 0.401 e. The van der Waals surface area contributed by atoms with Crippen LogP contribution in [0, 0.1) is 5.82 Å². The van der Waals surface area contributed by atoms with E-state index in [9.17, 15) is 17.6 Å². The van der Waals surface area contributed by atoms with Crippen molar-refractivity contribution >= 4 is 11.0 Å². The average Bonchev–Trinajstić information content (AvgIpc) is 2.66. The molecule has 2 rings (SSSR count). The Kier molecular flexibility index (Phi) is 3.75. The summed E-state index contributed by atoms with van der Waals surface area (Å²) in [6, 6.07) is 4.53. The van der Waals surface area contributed by atoms with Crippen LogP contribution in [0.15, 0.2) is 18.2 Å². The minimum Gasteiger partial charge on any atom is -0.327 e. The molecular weight excluding hydrogens is 262 g/mol. The Hall–Kier alpha value is -1.63. The number of fused-ring (bicyclic) bond motifs is 1. The Morgan fingerprint density at radius 3 is 2.68 bits per heavy atom. The lowest BCUT2D eigenvalue weighted by Gasteiger charge is -2.09. The van der Waals surface area contributed by atoms with Crippen molar-refractivity contribution in [2.24, 2.45) is 0 Å². The van der Waals surface area contributed by atoms with Crippen molar-refractivity contribution in [1.82, 2.24) is 14.9 Å². The van der Waals surface area contributed by atoms with E-state index < -0.39 is 18.5 Å². The third kappa shape index (κ3) is 3.04. The molecular formula is C12H13F4N3. The fourth-order valence-corrected chi connectivity index (χ4v) is 1.96. The molecule has 2 aromatic rings. The van der Waals surface area contributed by atoms with Crippen LogP contribution in [0.25, 0.3) is 11.0 Å². The minimum atomic E-state index is -4.27. The van der Waals surface area contributed by atoms with Gasteiger partial charge in [-0.1, -0.05) is 6.07 Å². The molecule has 0 aliphatic carbocycles. The van der Waals surface area contributed by atoms with Crippen LogP contribution in [0.4, 0.5) is 17.6 Å². The Bertz CT molecular complexity index is 574. The fraction of sp³-hybridized carbons (Fsp3) is 0.417. The molecule has 0 unspecified atom stereocenters. The maximum atomic E-state index is 13.6. The molecule has 1 N–H and O–H groups in total. The van der Waals surface area contributed by atoms with E-state index in [0.29, 0.717) is 17.9 Å². The molecule has 0 amide bonds. The third-order valence-corrected chi connectivity index (χ3v) is 2.73. The molecule has 3 nitrogen and oxygen atoms in total. The van der Waals surface area contributed by atoms with Crippen LogP contribution in [-0.2, 0) is 13.1 Å². The van der Waals surface area contributed by atoms with Crippen molar-refractivity contribution in [3.63, 3.8) is 0 Å². The number of rotatable bonds is 4. The largest absolute Gasteiger partial charge is 0.401 e.